The third-order valence-corrected chi connectivity index (χ3v) is 4.46. The predicted octanol–water partition coefficient (Wildman–Crippen LogP) is 3.02. The number of hydrogen-bond donors (Lipinski definition) is 2. The number of pyridine rings is 1. The first-order valence-corrected chi connectivity index (χ1v) is 7.84. The average molecular weight is 381 g/mol. The quantitative estimate of drug-likeness (QED) is 0.857. The lowest BCUT2D eigenvalue weighted by molar-refractivity contribution is 0.598. The molecule has 0 aliphatic heterocycles. The fourth-order valence-electron chi connectivity index (χ4n) is 1.35. The van der Waals surface area contributed by atoms with Crippen molar-refractivity contribution < 1.29 is 12.8 Å². The van der Waals surface area contributed by atoms with Gasteiger partial charge >= 0.3 is 0 Å². The van der Waals surface area contributed by atoms with Crippen molar-refractivity contribution in [1.82, 2.24) is 4.98 Å². The number of nitrogens with zero attached hydrogens (tertiary/aromatic N) is 1. The molecule has 3 N–H and O–H groups in total. The first-order valence-electron chi connectivity index (χ1n) is 5.18. The number of halogens is 3. The highest BCUT2D eigenvalue weighted by Gasteiger charge is 2.18. The van der Waals surface area contributed by atoms with Gasteiger partial charge in [-0.2, -0.15) is 0 Å². The summed E-state index contributed by atoms with van der Waals surface area (Å²) in [7, 11) is -4.00. The lowest BCUT2D eigenvalue weighted by Crippen LogP contribution is -2.14. The highest BCUT2D eigenvalue weighted by molar-refractivity contribution is 9.10. The van der Waals surface area contributed by atoms with E-state index in [9.17, 15) is 12.8 Å². The molecule has 9 heteroatoms. The van der Waals surface area contributed by atoms with Crippen LogP contribution in [0.5, 0.6) is 0 Å². The topological polar surface area (TPSA) is 85.1 Å². The second kappa shape index (κ2) is 5.55. The van der Waals surface area contributed by atoms with E-state index in [1.165, 1.54) is 12.1 Å². The summed E-state index contributed by atoms with van der Waals surface area (Å²) >= 11 is 8.79. The smallest absolute Gasteiger partial charge is 0.263 e. The van der Waals surface area contributed by atoms with Crippen molar-refractivity contribution in [3.8, 4) is 0 Å². The van der Waals surface area contributed by atoms with Crippen LogP contribution in [0.3, 0.4) is 0 Å². The second-order valence-electron chi connectivity index (χ2n) is 3.77. The van der Waals surface area contributed by atoms with Gasteiger partial charge in [0, 0.05) is 10.7 Å². The Bertz CT molecular complexity index is 770. The minimum absolute atomic E-state index is 0.00385. The van der Waals surface area contributed by atoms with Crippen LogP contribution < -0.4 is 10.5 Å². The molecule has 2 rings (SSSR count). The van der Waals surface area contributed by atoms with Crippen LogP contribution in [0.15, 0.2) is 39.8 Å². The Balaban J connectivity index is 2.38. The monoisotopic (exact) mass is 379 g/mol. The van der Waals surface area contributed by atoms with Crippen LogP contribution >= 0.6 is 27.5 Å². The summed E-state index contributed by atoms with van der Waals surface area (Å²) in [6, 6.07) is 5.09. The van der Waals surface area contributed by atoms with E-state index in [4.69, 9.17) is 17.3 Å². The predicted molar refractivity (Wildman–Crippen MR) is 78.6 cm³/mol. The molecule has 0 fully saturated rings. The Morgan fingerprint density at radius 3 is 2.65 bits per heavy atom. The van der Waals surface area contributed by atoms with Gasteiger partial charge in [0.15, 0.2) is 0 Å². The Morgan fingerprint density at radius 2 is 2.05 bits per heavy atom. The number of sulfonamides is 1. The zero-order valence-electron chi connectivity index (χ0n) is 9.77. The third-order valence-electron chi connectivity index (χ3n) is 2.33. The van der Waals surface area contributed by atoms with Gasteiger partial charge in [0.25, 0.3) is 10.0 Å². The Morgan fingerprint density at radius 1 is 1.35 bits per heavy atom. The van der Waals surface area contributed by atoms with Crippen LogP contribution in [0, 0.1) is 5.82 Å². The van der Waals surface area contributed by atoms with Gasteiger partial charge in [-0.1, -0.05) is 27.5 Å². The molecule has 106 valence electrons. The second-order valence-corrected chi connectivity index (χ2v) is 6.77. The molecule has 0 unspecified atom stereocenters. The van der Waals surface area contributed by atoms with Gasteiger partial charge in [0.1, 0.15) is 16.5 Å². The van der Waals surface area contributed by atoms with E-state index in [1.54, 1.807) is 0 Å². The van der Waals surface area contributed by atoms with E-state index in [1.807, 2.05) is 0 Å². The van der Waals surface area contributed by atoms with Crippen molar-refractivity contribution in [1.29, 1.82) is 0 Å². The molecule has 0 saturated heterocycles. The zero-order valence-corrected chi connectivity index (χ0v) is 12.9. The fourth-order valence-corrected chi connectivity index (χ4v) is 2.96. The van der Waals surface area contributed by atoms with Crippen LogP contribution in [0.2, 0.25) is 5.02 Å². The van der Waals surface area contributed by atoms with Crippen LogP contribution in [0.1, 0.15) is 0 Å². The van der Waals surface area contributed by atoms with Crippen molar-refractivity contribution in [2.24, 2.45) is 0 Å². The number of benzene rings is 1. The number of nitrogens with two attached hydrogens (primary N) is 1. The maximum absolute atomic E-state index is 13.6. The maximum Gasteiger partial charge on any atom is 0.263 e. The van der Waals surface area contributed by atoms with Crippen molar-refractivity contribution in [3.05, 3.63) is 45.8 Å². The Hall–Kier alpha value is -1.38. The summed E-state index contributed by atoms with van der Waals surface area (Å²) in [4.78, 5) is 3.44. The molecule has 0 amide bonds. The number of nitrogen functional groups attached to an aromatic ring is 1. The Labute approximate surface area is 128 Å². The number of aromatic nitrogens is 1. The van der Waals surface area contributed by atoms with Crippen molar-refractivity contribution in [2.45, 2.75) is 4.90 Å². The van der Waals surface area contributed by atoms with Gasteiger partial charge in [-0.15, -0.1) is 0 Å². The largest absolute Gasteiger partial charge is 0.382 e. The maximum atomic E-state index is 13.6. The van der Waals surface area contributed by atoms with Crippen LogP contribution in [-0.4, -0.2) is 13.4 Å². The van der Waals surface area contributed by atoms with E-state index in [0.717, 1.165) is 18.3 Å². The molecular formula is C11H8BrClFN3O2S. The zero-order chi connectivity index (χ0) is 14.9. The standard InChI is InChI=1S/C11H8BrClFN3O2S/c12-6-1-2-10(9(14)3-6)17-20(18,19)7-4-8(13)11(15)16-5-7/h1-5,17H,(H2,15,16). The molecule has 20 heavy (non-hydrogen) atoms. The minimum atomic E-state index is -4.00. The van der Waals surface area contributed by atoms with Gasteiger partial charge < -0.3 is 5.73 Å². The van der Waals surface area contributed by atoms with Crippen molar-refractivity contribution >= 4 is 49.1 Å². The van der Waals surface area contributed by atoms with Crippen LogP contribution in [-0.2, 0) is 10.0 Å². The summed E-state index contributed by atoms with van der Waals surface area (Å²) in [5.41, 5.74) is 5.22. The molecule has 1 heterocycles. The summed E-state index contributed by atoms with van der Waals surface area (Å²) in [6.45, 7) is 0. The van der Waals surface area contributed by atoms with Gasteiger partial charge in [0.2, 0.25) is 0 Å². The van der Waals surface area contributed by atoms with Gasteiger partial charge in [-0.05, 0) is 24.3 Å². The molecule has 0 atom stereocenters. The molecule has 1 aromatic heterocycles. The van der Waals surface area contributed by atoms with Crippen molar-refractivity contribution in [3.63, 3.8) is 0 Å². The van der Waals surface area contributed by atoms with Gasteiger partial charge in [-0.25, -0.2) is 17.8 Å². The highest BCUT2D eigenvalue weighted by Crippen LogP contribution is 2.24. The first-order chi connectivity index (χ1) is 9.29. The Kier molecular flexibility index (Phi) is 4.17. The number of anilines is 2. The molecule has 0 aliphatic carbocycles. The molecule has 0 saturated carbocycles. The SMILES string of the molecule is Nc1ncc(S(=O)(=O)Nc2ccc(Br)cc2F)cc1Cl. The van der Waals surface area contributed by atoms with E-state index in [-0.39, 0.29) is 21.4 Å². The van der Waals surface area contributed by atoms with E-state index < -0.39 is 15.8 Å². The van der Waals surface area contributed by atoms with Gasteiger partial charge in [0.05, 0.1) is 10.7 Å². The normalized spacial score (nSPS) is 11.3. The summed E-state index contributed by atoms with van der Waals surface area (Å²) < 4.78 is 40.4. The van der Waals surface area contributed by atoms with E-state index in [2.05, 4.69) is 25.6 Å². The molecule has 2 aromatic rings. The number of rotatable bonds is 3. The van der Waals surface area contributed by atoms with E-state index in [0.29, 0.717) is 4.47 Å². The molecular weight excluding hydrogens is 373 g/mol. The van der Waals surface area contributed by atoms with E-state index >= 15 is 0 Å². The molecule has 0 aliphatic rings. The summed E-state index contributed by atoms with van der Waals surface area (Å²) in [5.74, 6) is -0.696. The third kappa shape index (κ3) is 3.20. The van der Waals surface area contributed by atoms with Crippen molar-refractivity contribution in [2.75, 3.05) is 10.5 Å². The average Bonchev–Trinajstić information content (AvgIpc) is 2.36. The highest BCUT2D eigenvalue weighted by atomic mass is 79.9. The van der Waals surface area contributed by atoms with Crippen LogP contribution in [0.25, 0.3) is 0 Å². The van der Waals surface area contributed by atoms with Crippen LogP contribution in [0.4, 0.5) is 15.9 Å². The first kappa shape index (κ1) is 15.0. The molecule has 0 bridgehead atoms. The number of hydrogen-bond acceptors (Lipinski definition) is 4. The molecule has 1 aromatic carbocycles. The molecule has 0 spiro atoms. The van der Waals surface area contributed by atoms with Gasteiger partial charge in [-0.3, -0.25) is 4.72 Å². The summed E-state index contributed by atoms with van der Waals surface area (Å²) in [6.07, 6.45) is 1.04. The molecule has 5 nitrogen and oxygen atoms in total. The molecule has 0 radical (unpaired) electrons. The minimum Gasteiger partial charge on any atom is -0.382 e. The fraction of sp³-hybridized carbons (Fsp3) is 0. The number of nitrogens with one attached hydrogen (secondary N) is 1. The lowest BCUT2D eigenvalue weighted by Gasteiger charge is -2.09. The summed E-state index contributed by atoms with van der Waals surface area (Å²) in [5, 5.41) is 0.00385. The lowest BCUT2D eigenvalue weighted by atomic mass is 10.3.